The first-order chi connectivity index (χ1) is 5.66. The highest BCUT2D eigenvalue weighted by atomic mass is 16.2. The molecular weight excluding hydrogens is 152 g/mol. The Morgan fingerprint density at radius 2 is 1.83 bits per heavy atom. The average molecular weight is 168 g/mol. The maximum atomic E-state index is 10.9. The molecule has 12 heavy (non-hydrogen) atoms. The van der Waals surface area contributed by atoms with Crippen molar-refractivity contribution in [1.82, 2.24) is 9.80 Å². The number of rotatable bonds is 1. The summed E-state index contributed by atoms with van der Waals surface area (Å²) in [6.45, 7) is 8.31. The second-order valence-corrected chi connectivity index (χ2v) is 4.14. The summed E-state index contributed by atoms with van der Waals surface area (Å²) in [6, 6.07) is 0.671. The molecule has 3 nitrogen and oxygen atoms in total. The third-order valence-corrected chi connectivity index (χ3v) is 2.92. The fraction of sp³-hybridized carbons (Fsp3) is 0.889. The molecule has 0 spiro atoms. The average Bonchev–Trinajstić information content (AvgIpc) is 1.79. The van der Waals surface area contributed by atoms with Crippen molar-refractivity contribution in [2.24, 2.45) is 5.92 Å². The first kappa shape index (κ1) is 8.05. The summed E-state index contributed by atoms with van der Waals surface area (Å²) in [6.07, 6.45) is 0. The minimum absolute atomic E-state index is 0.222. The van der Waals surface area contributed by atoms with Crippen LogP contribution in [0.1, 0.15) is 13.8 Å². The third-order valence-electron chi connectivity index (χ3n) is 2.92. The van der Waals surface area contributed by atoms with E-state index in [9.17, 15) is 4.79 Å². The van der Waals surface area contributed by atoms with Gasteiger partial charge in [-0.25, -0.2) is 0 Å². The van der Waals surface area contributed by atoms with Gasteiger partial charge in [0.15, 0.2) is 0 Å². The number of nitrogens with zero attached hydrogens (tertiary/aromatic N) is 2. The predicted octanol–water partition coefficient (Wildman–Crippen LogP) is 0.169. The fourth-order valence-corrected chi connectivity index (χ4v) is 1.99. The molecule has 0 aromatic rings. The third kappa shape index (κ3) is 1.22. The fourth-order valence-electron chi connectivity index (χ4n) is 1.99. The van der Waals surface area contributed by atoms with Gasteiger partial charge in [0, 0.05) is 39.1 Å². The Balaban J connectivity index is 1.72. The summed E-state index contributed by atoms with van der Waals surface area (Å²) < 4.78 is 0. The van der Waals surface area contributed by atoms with Crippen LogP contribution in [-0.2, 0) is 4.79 Å². The van der Waals surface area contributed by atoms with E-state index in [0.29, 0.717) is 6.04 Å². The lowest BCUT2D eigenvalue weighted by Gasteiger charge is -2.51. The molecule has 0 radical (unpaired) electrons. The molecule has 68 valence electrons. The van der Waals surface area contributed by atoms with Crippen molar-refractivity contribution >= 4 is 5.91 Å². The van der Waals surface area contributed by atoms with Gasteiger partial charge in [-0.15, -0.1) is 0 Å². The number of hydrogen-bond acceptors (Lipinski definition) is 2. The van der Waals surface area contributed by atoms with E-state index < -0.39 is 0 Å². The second-order valence-electron chi connectivity index (χ2n) is 4.14. The Hall–Kier alpha value is -0.570. The van der Waals surface area contributed by atoms with Crippen LogP contribution >= 0.6 is 0 Å². The lowest BCUT2D eigenvalue weighted by molar-refractivity contribution is -0.138. The molecule has 2 aliphatic heterocycles. The lowest BCUT2D eigenvalue weighted by atomic mass is 9.96. The van der Waals surface area contributed by atoms with Crippen LogP contribution in [0.4, 0.5) is 0 Å². The largest absolute Gasteiger partial charge is 0.340 e. The number of hydrogen-bond donors (Lipinski definition) is 0. The molecule has 0 unspecified atom stereocenters. The summed E-state index contributed by atoms with van der Waals surface area (Å²) in [5.74, 6) is 1.09. The summed E-state index contributed by atoms with van der Waals surface area (Å²) in [7, 11) is 0. The molecule has 2 heterocycles. The van der Waals surface area contributed by atoms with Crippen molar-refractivity contribution in [3.8, 4) is 0 Å². The van der Waals surface area contributed by atoms with Gasteiger partial charge in [0.25, 0.3) is 0 Å². The molecule has 0 saturated carbocycles. The van der Waals surface area contributed by atoms with E-state index in [4.69, 9.17) is 0 Å². The molecule has 0 bridgehead atoms. The van der Waals surface area contributed by atoms with Gasteiger partial charge in [-0.1, -0.05) is 6.92 Å². The first-order valence-corrected chi connectivity index (χ1v) is 4.66. The molecule has 0 aliphatic carbocycles. The molecular formula is C9H16N2O. The predicted molar refractivity (Wildman–Crippen MR) is 46.8 cm³/mol. The van der Waals surface area contributed by atoms with Gasteiger partial charge in [-0.05, 0) is 5.92 Å². The highest BCUT2D eigenvalue weighted by Crippen LogP contribution is 2.23. The molecule has 1 amide bonds. The Morgan fingerprint density at radius 3 is 2.25 bits per heavy atom. The van der Waals surface area contributed by atoms with Gasteiger partial charge in [-0.2, -0.15) is 0 Å². The molecule has 3 heteroatoms. The van der Waals surface area contributed by atoms with Gasteiger partial charge in [0.1, 0.15) is 0 Å². The summed E-state index contributed by atoms with van der Waals surface area (Å²) in [5, 5.41) is 0. The van der Waals surface area contributed by atoms with Crippen molar-refractivity contribution in [3.63, 3.8) is 0 Å². The zero-order valence-corrected chi connectivity index (χ0v) is 7.79. The van der Waals surface area contributed by atoms with E-state index in [0.717, 1.165) is 19.0 Å². The first-order valence-electron chi connectivity index (χ1n) is 4.66. The zero-order valence-electron chi connectivity index (χ0n) is 7.79. The van der Waals surface area contributed by atoms with Gasteiger partial charge in [0.05, 0.1) is 0 Å². The minimum Gasteiger partial charge on any atom is -0.340 e. The highest BCUT2D eigenvalue weighted by Gasteiger charge is 2.37. The molecule has 0 aromatic carbocycles. The van der Waals surface area contributed by atoms with E-state index in [2.05, 4.69) is 11.8 Å². The summed E-state index contributed by atoms with van der Waals surface area (Å²) >= 11 is 0. The van der Waals surface area contributed by atoms with Crippen LogP contribution < -0.4 is 0 Å². The van der Waals surface area contributed by atoms with Crippen LogP contribution in [0.5, 0.6) is 0 Å². The zero-order chi connectivity index (χ0) is 8.72. The molecule has 2 aliphatic rings. The maximum Gasteiger partial charge on any atom is 0.219 e. The van der Waals surface area contributed by atoms with Gasteiger partial charge < -0.3 is 4.90 Å². The van der Waals surface area contributed by atoms with Crippen molar-refractivity contribution in [1.29, 1.82) is 0 Å². The van der Waals surface area contributed by atoms with Crippen LogP contribution in [0.25, 0.3) is 0 Å². The Morgan fingerprint density at radius 1 is 1.25 bits per heavy atom. The van der Waals surface area contributed by atoms with E-state index in [1.165, 1.54) is 13.1 Å². The lowest BCUT2D eigenvalue weighted by Crippen LogP contribution is -2.65. The number of carbonyl (C=O) groups excluding carboxylic acids is 1. The molecule has 2 saturated heterocycles. The van der Waals surface area contributed by atoms with Crippen molar-refractivity contribution in [3.05, 3.63) is 0 Å². The van der Waals surface area contributed by atoms with Gasteiger partial charge in [-0.3, -0.25) is 9.69 Å². The standard InChI is InChI=1S/C9H16N2O/c1-7-3-11(4-7)9-5-10(6-9)8(2)12/h7,9H,3-6H2,1-2H3. The normalized spacial score (nSPS) is 26.7. The molecule has 2 fully saturated rings. The van der Waals surface area contributed by atoms with E-state index in [1.54, 1.807) is 6.92 Å². The summed E-state index contributed by atoms with van der Waals surface area (Å²) in [4.78, 5) is 15.3. The van der Waals surface area contributed by atoms with Gasteiger partial charge >= 0.3 is 0 Å². The quantitative estimate of drug-likeness (QED) is 0.557. The van der Waals surface area contributed by atoms with Crippen molar-refractivity contribution in [2.45, 2.75) is 19.9 Å². The van der Waals surface area contributed by atoms with Crippen LogP contribution in [0.2, 0.25) is 0 Å². The number of likely N-dealkylation sites (tertiary alicyclic amines) is 2. The second kappa shape index (κ2) is 2.73. The van der Waals surface area contributed by atoms with Crippen LogP contribution in [0, 0.1) is 5.92 Å². The Bertz CT molecular complexity index is 193. The van der Waals surface area contributed by atoms with E-state index in [1.807, 2.05) is 4.90 Å². The Labute approximate surface area is 73.3 Å². The number of carbonyl (C=O) groups is 1. The van der Waals surface area contributed by atoms with E-state index in [-0.39, 0.29) is 5.91 Å². The molecule has 0 aromatic heterocycles. The van der Waals surface area contributed by atoms with Gasteiger partial charge in [0.2, 0.25) is 5.91 Å². The SMILES string of the molecule is CC(=O)N1CC(N2CC(C)C2)C1. The highest BCUT2D eigenvalue weighted by molar-refractivity contribution is 5.74. The van der Waals surface area contributed by atoms with E-state index >= 15 is 0 Å². The van der Waals surface area contributed by atoms with Crippen molar-refractivity contribution < 1.29 is 4.79 Å². The maximum absolute atomic E-state index is 10.9. The smallest absolute Gasteiger partial charge is 0.219 e. The monoisotopic (exact) mass is 168 g/mol. The van der Waals surface area contributed by atoms with Crippen LogP contribution in [0.3, 0.4) is 0 Å². The summed E-state index contributed by atoms with van der Waals surface area (Å²) in [5.41, 5.74) is 0. The molecule has 0 N–H and O–H groups in total. The van der Waals surface area contributed by atoms with Crippen LogP contribution in [0.15, 0.2) is 0 Å². The minimum atomic E-state index is 0.222. The topological polar surface area (TPSA) is 23.6 Å². The van der Waals surface area contributed by atoms with Crippen molar-refractivity contribution in [2.75, 3.05) is 26.2 Å². The Kier molecular flexibility index (Phi) is 1.83. The number of amides is 1. The van der Waals surface area contributed by atoms with Crippen LogP contribution in [-0.4, -0.2) is 47.9 Å². The molecule has 2 rings (SSSR count). The molecule has 0 atom stereocenters.